The average molecular weight is 473 g/mol. The van der Waals surface area contributed by atoms with E-state index in [4.69, 9.17) is 9.47 Å². The Bertz CT molecular complexity index is 1420. The summed E-state index contributed by atoms with van der Waals surface area (Å²) >= 11 is 0. The third-order valence-electron chi connectivity index (χ3n) is 5.44. The molecule has 0 saturated carbocycles. The van der Waals surface area contributed by atoms with Crippen LogP contribution in [0.1, 0.15) is 11.3 Å². The van der Waals surface area contributed by atoms with Crippen LogP contribution in [0.25, 0.3) is 5.69 Å². The van der Waals surface area contributed by atoms with Crippen molar-refractivity contribution in [2.75, 3.05) is 13.2 Å². The molecule has 0 unspecified atom stereocenters. The van der Waals surface area contributed by atoms with Gasteiger partial charge in [-0.3, -0.25) is 19.6 Å². The van der Waals surface area contributed by atoms with Crippen molar-refractivity contribution in [1.82, 2.24) is 9.36 Å². The highest BCUT2D eigenvalue weighted by Crippen LogP contribution is 2.26. The Hall–Kier alpha value is -4.66. The summed E-state index contributed by atoms with van der Waals surface area (Å²) in [7, 11) is 1.82. The largest absolute Gasteiger partial charge is 0.489 e. The van der Waals surface area contributed by atoms with E-state index in [1.54, 1.807) is 39.8 Å². The quantitative estimate of drug-likeness (QED) is 0.153. The first kappa shape index (κ1) is 23.5. The van der Waals surface area contributed by atoms with E-state index in [0.29, 0.717) is 17.0 Å². The van der Waals surface area contributed by atoms with Gasteiger partial charge in [0.2, 0.25) is 0 Å². The van der Waals surface area contributed by atoms with E-state index in [-0.39, 0.29) is 30.2 Å². The first-order valence-electron chi connectivity index (χ1n) is 10.9. The van der Waals surface area contributed by atoms with E-state index in [9.17, 15) is 14.9 Å². The molecule has 0 amide bonds. The third-order valence-corrected chi connectivity index (χ3v) is 5.44. The Labute approximate surface area is 201 Å². The van der Waals surface area contributed by atoms with Crippen LogP contribution in [-0.2, 0) is 7.05 Å². The zero-order valence-electron chi connectivity index (χ0n) is 19.3. The molecule has 9 nitrogen and oxygen atoms in total. The molecule has 4 aromatic rings. The number of hydrogen-bond acceptors (Lipinski definition) is 6. The maximum atomic E-state index is 13.1. The van der Waals surface area contributed by atoms with Gasteiger partial charge in [-0.1, -0.05) is 42.5 Å². The van der Waals surface area contributed by atoms with Crippen molar-refractivity contribution in [3.63, 3.8) is 0 Å². The van der Waals surface area contributed by atoms with Gasteiger partial charge < -0.3 is 9.47 Å². The van der Waals surface area contributed by atoms with Crippen molar-refractivity contribution >= 4 is 17.6 Å². The number of nitrogens with zero attached hydrogens (tertiary/aromatic N) is 4. The topological polar surface area (TPSA) is 101 Å². The number of ether oxygens (including phenoxy) is 2. The predicted octanol–water partition coefficient (Wildman–Crippen LogP) is 4.60. The van der Waals surface area contributed by atoms with Gasteiger partial charge in [0.05, 0.1) is 16.3 Å². The van der Waals surface area contributed by atoms with Gasteiger partial charge in [-0.25, -0.2) is 9.67 Å². The first-order valence-corrected chi connectivity index (χ1v) is 10.9. The smallest absolute Gasteiger partial charge is 0.310 e. The second kappa shape index (κ2) is 10.5. The van der Waals surface area contributed by atoms with Crippen LogP contribution in [0.15, 0.2) is 88.6 Å². The fraction of sp³-hybridized carbons (Fsp3) is 0.154. The molecular weight excluding hydrogens is 448 g/mol. The van der Waals surface area contributed by atoms with E-state index in [0.717, 1.165) is 11.4 Å². The fourth-order valence-corrected chi connectivity index (χ4v) is 3.59. The van der Waals surface area contributed by atoms with E-state index < -0.39 is 4.92 Å². The minimum absolute atomic E-state index is 0.0978. The summed E-state index contributed by atoms with van der Waals surface area (Å²) in [6, 6.07) is 22.8. The highest BCUT2D eigenvalue weighted by molar-refractivity contribution is 5.85. The Balaban J connectivity index is 1.48. The molecule has 1 aromatic heterocycles. The highest BCUT2D eigenvalue weighted by atomic mass is 16.6. The second-order valence-corrected chi connectivity index (χ2v) is 7.63. The van der Waals surface area contributed by atoms with Crippen molar-refractivity contribution in [3.05, 3.63) is 111 Å². The molecular formula is C26H24N4O5. The van der Waals surface area contributed by atoms with Gasteiger partial charge in [0.15, 0.2) is 11.4 Å². The Kier molecular flexibility index (Phi) is 7.06. The van der Waals surface area contributed by atoms with Crippen LogP contribution in [0.2, 0.25) is 0 Å². The molecule has 0 radical (unpaired) electrons. The zero-order chi connectivity index (χ0) is 24.8. The number of nitro benzene ring substituents is 1. The molecule has 0 N–H and O–H groups in total. The predicted molar refractivity (Wildman–Crippen MR) is 134 cm³/mol. The SMILES string of the molecule is Cc1c(N=Cc2ccccc2OCCOc2ccccc2[N+](=O)[O-])c(=O)n(-c2ccccc2)n1C. The molecule has 9 heteroatoms. The van der Waals surface area contributed by atoms with Gasteiger partial charge in [0.25, 0.3) is 5.56 Å². The van der Waals surface area contributed by atoms with E-state index in [2.05, 4.69) is 4.99 Å². The Morgan fingerprint density at radius 3 is 2.23 bits per heavy atom. The maximum Gasteiger partial charge on any atom is 0.310 e. The lowest BCUT2D eigenvalue weighted by Gasteiger charge is -2.10. The van der Waals surface area contributed by atoms with Gasteiger partial charge in [-0.05, 0) is 37.3 Å². The standard InChI is InChI=1S/C26H24N4O5/c1-19-25(26(31)29(28(19)2)21-11-4-3-5-12-21)27-18-20-10-6-8-14-23(20)34-16-17-35-24-15-9-7-13-22(24)30(32)33/h3-15,18H,16-17H2,1-2H3. The number of hydrogen-bond donors (Lipinski definition) is 0. The average Bonchev–Trinajstić information content (AvgIpc) is 3.09. The van der Waals surface area contributed by atoms with Crippen molar-refractivity contribution in [2.45, 2.75) is 6.92 Å². The van der Waals surface area contributed by atoms with E-state index in [1.165, 1.54) is 6.07 Å². The lowest BCUT2D eigenvalue weighted by Crippen LogP contribution is -2.19. The van der Waals surface area contributed by atoms with Crippen LogP contribution in [0.5, 0.6) is 11.5 Å². The lowest BCUT2D eigenvalue weighted by atomic mass is 10.2. The molecule has 0 aliphatic rings. The minimum Gasteiger partial charge on any atom is -0.489 e. The molecule has 0 bridgehead atoms. The van der Waals surface area contributed by atoms with Crippen LogP contribution in [0.4, 0.5) is 11.4 Å². The summed E-state index contributed by atoms with van der Waals surface area (Å²) < 4.78 is 14.7. The number of aliphatic imine (C=N–C) groups is 1. The number of nitro groups is 1. The Morgan fingerprint density at radius 2 is 1.51 bits per heavy atom. The van der Waals surface area contributed by atoms with Gasteiger partial charge >= 0.3 is 5.69 Å². The zero-order valence-corrected chi connectivity index (χ0v) is 19.3. The molecule has 0 saturated heterocycles. The van der Waals surface area contributed by atoms with E-state index in [1.807, 2.05) is 62.5 Å². The van der Waals surface area contributed by atoms with Crippen LogP contribution in [0, 0.1) is 17.0 Å². The van der Waals surface area contributed by atoms with Crippen molar-refractivity contribution in [1.29, 1.82) is 0 Å². The number of aromatic nitrogens is 2. The summed E-state index contributed by atoms with van der Waals surface area (Å²) in [6.07, 6.45) is 1.59. The number of rotatable bonds is 9. The molecule has 0 aliphatic heterocycles. The molecule has 35 heavy (non-hydrogen) atoms. The van der Waals surface area contributed by atoms with Gasteiger partial charge in [-0.2, -0.15) is 0 Å². The van der Waals surface area contributed by atoms with E-state index >= 15 is 0 Å². The van der Waals surface area contributed by atoms with Crippen molar-refractivity contribution in [2.24, 2.45) is 12.0 Å². The molecule has 4 rings (SSSR count). The maximum absolute atomic E-state index is 13.1. The van der Waals surface area contributed by atoms with Gasteiger partial charge in [-0.15, -0.1) is 0 Å². The molecule has 0 atom stereocenters. The van der Waals surface area contributed by atoms with Gasteiger partial charge in [0.1, 0.15) is 19.0 Å². The second-order valence-electron chi connectivity index (χ2n) is 7.63. The molecule has 1 heterocycles. The van der Waals surface area contributed by atoms with Gasteiger partial charge in [0, 0.05) is 24.9 Å². The van der Waals surface area contributed by atoms with Crippen LogP contribution in [-0.4, -0.2) is 33.7 Å². The molecule has 0 aliphatic carbocycles. The minimum atomic E-state index is -0.487. The summed E-state index contributed by atoms with van der Waals surface area (Å²) in [5.74, 6) is 0.740. The highest BCUT2D eigenvalue weighted by Gasteiger charge is 2.16. The number of para-hydroxylation sites is 4. The lowest BCUT2D eigenvalue weighted by molar-refractivity contribution is -0.385. The normalized spacial score (nSPS) is 11.0. The van der Waals surface area contributed by atoms with Crippen LogP contribution in [0.3, 0.4) is 0 Å². The van der Waals surface area contributed by atoms with Crippen molar-refractivity contribution < 1.29 is 14.4 Å². The summed E-state index contributed by atoms with van der Waals surface area (Å²) in [5, 5.41) is 11.1. The molecule has 3 aromatic carbocycles. The summed E-state index contributed by atoms with van der Waals surface area (Å²) in [6.45, 7) is 2.13. The monoisotopic (exact) mass is 472 g/mol. The van der Waals surface area contributed by atoms with Crippen LogP contribution >= 0.6 is 0 Å². The first-order chi connectivity index (χ1) is 17.0. The summed E-state index contributed by atoms with van der Waals surface area (Å²) in [5.41, 5.74) is 2.19. The van der Waals surface area contributed by atoms with Crippen molar-refractivity contribution in [3.8, 4) is 17.2 Å². The fourth-order valence-electron chi connectivity index (χ4n) is 3.59. The Morgan fingerprint density at radius 1 is 0.914 bits per heavy atom. The number of benzene rings is 3. The summed E-state index contributed by atoms with van der Waals surface area (Å²) in [4.78, 5) is 28.2. The molecule has 0 fully saturated rings. The molecule has 0 spiro atoms. The molecule has 178 valence electrons. The van der Waals surface area contributed by atoms with Crippen LogP contribution < -0.4 is 15.0 Å². The third kappa shape index (κ3) is 5.14.